The van der Waals surface area contributed by atoms with E-state index in [0.717, 1.165) is 6.42 Å². The number of aliphatic imine (C=N–C) groups is 2. The molecular weight excluding hydrogens is 475 g/mol. The van der Waals surface area contributed by atoms with Crippen molar-refractivity contribution in [2.45, 2.75) is 26.7 Å². The van der Waals surface area contributed by atoms with E-state index in [1.807, 2.05) is 11.0 Å². The van der Waals surface area contributed by atoms with Gasteiger partial charge in [0.25, 0.3) is 0 Å². The van der Waals surface area contributed by atoms with Crippen LogP contribution in [0.2, 0.25) is 0 Å². The molecule has 2 aliphatic heterocycles. The first-order valence-electron chi connectivity index (χ1n) is 11.8. The second kappa shape index (κ2) is 15.0. The van der Waals surface area contributed by atoms with E-state index in [9.17, 15) is 9.90 Å². The molecular formula is C27H33FN6O3. The Kier molecular flexibility index (Phi) is 11.7. The summed E-state index contributed by atoms with van der Waals surface area (Å²) in [6.07, 6.45) is 15.6. The molecule has 10 heteroatoms. The zero-order chi connectivity index (χ0) is 27.2. The monoisotopic (exact) mass is 508 g/mol. The van der Waals surface area contributed by atoms with Crippen molar-refractivity contribution in [2.75, 3.05) is 38.3 Å². The molecule has 1 aromatic rings. The van der Waals surface area contributed by atoms with E-state index < -0.39 is 17.7 Å². The van der Waals surface area contributed by atoms with E-state index >= 15 is 4.39 Å². The Hall–Kier alpha value is -4.26. The maximum atomic E-state index is 15.2. The normalized spacial score (nSPS) is 22.0. The Balaban J connectivity index is 0.00000153. The van der Waals surface area contributed by atoms with Crippen LogP contribution in [-0.4, -0.2) is 66.2 Å². The Bertz CT molecular complexity index is 1150. The van der Waals surface area contributed by atoms with Gasteiger partial charge in [0.05, 0.1) is 13.0 Å². The fourth-order valence-electron chi connectivity index (χ4n) is 3.63. The number of rotatable bonds is 6. The van der Waals surface area contributed by atoms with Gasteiger partial charge in [0, 0.05) is 43.2 Å². The number of piperidine rings is 1. The van der Waals surface area contributed by atoms with Crippen molar-refractivity contribution in [3.63, 3.8) is 0 Å². The summed E-state index contributed by atoms with van der Waals surface area (Å²) in [5.74, 6) is 1.77. The lowest BCUT2D eigenvalue weighted by atomic mass is 9.99. The van der Waals surface area contributed by atoms with Gasteiger partial charge in [0.2, 0.25) is 11.8 Å². The number of carboxylic acid groups (broad SMARTS) is 1. The van der Waals surface area contributed by atoms with Crippen molar-refractivity contribution in [1.29, 1.82) is 0 Å². The highest BCUT2D eigenvalue weighted by molar-refractivity contribution is 6.02. The van der Waals surface area contributed by atoms with Gasteiger partial charge >= 0.3 is 5.97 Å². The van der Waals surface area contributed by atoms with Gasteiger partial charge in [-0.15, -0.1) is 12.3 Å². The highest BCUT2D eigenvalue weighted by Crippen LogP contribution is 2.23. The fraction of sp³-hybridized carbons (Fsp3) is 0.370. The predicted octanol–water partition coefficient (Wildman–Crippen LogP) is 3.79. The molecule has 1 unspecified atom stereocenters. The lowest BCUT2D eigenvalue weighted by Gasteiger charge is -2.30. The first-order valence-corrected chi connectivity index (χ1v) is 11.8. The van der Waals surface area contributed by atoms with Crippen LogP contribution < -0.4 is 10.2 Å². The molecule has 9 nitrogen and oxygen atoms in total. The Labute approximate surface area is 217 Å². The minimum Gasteiger partial charge on any atom is -0.481 e. The third kappa shape index (κ3) is 8.72. The number of methoxy groups -OCH3 is 1. The number of terminal acetylenes is 1. The summed E-state index contributed by atoms with van der Waals surface area (Å²) in [6, 6.07) is 0. The maximum absolute atomic E-state index is 15.2. The molecule has 0 aliphatic carbocycles. The van der Waals surface area contributed by atoms with Crippen LogP contribution in [0.25, 0.3) is 5.57 Å². The smallest absolute Gasteiger partial charge is 0.308 e. The number of hydrogen-bond acceptors (Lipinski definition) is 8. The number of amidine groups is 1. The van der Waals surface area contributed by atoms with Crippen LogP contribution in [-0.2, 0) is 9.53 Å². The van der Waals surface area contributed by atoms with Crippen molar-refractivity contribution in [2.24, 2.45) is 15.9 Å². The van der Waals surface area contributed by atoms with E-state index in [1.165, 1.54) is 13.2 Å². The van der Waals surface area contributed by atoms with Crippen LogP contribution in [0.15, 0.2) is 64.7 Å². The van der Waals surface area contributed by atoms with Gasteiger partial charge < -0.3 is 20.1 Å². The molecule has 0 spiro atoms. The van der Waals surface area contributed by atoms with Crippen molar-refractivity contribution in [3.8, 4) is 12.3 Å². The molecule has 2 N–H and O–H groups in total. The number of halogens is 1. The van der Waals surface area contributed by atoms with Crippen LogP contribution in [0.4, 0.5) is 10.3 Å². The molecule has 1 aromatic heterocycles. The molecule has 2 aliphatic rings. The molecule has 0 saturated carbocycles. The topological polar surface area (TPSA) is 112 Å². The number of hydrogen-bond donors (Lipinski definition) is 2. The average Bonchev–Trinajstić information content (AvgIpc) is 3.02. The number of anilines is 1. The van der Waals surface area contributed by atoms with Gasteiger partial charge in [-0.25, -0.2) is 24.3 Å². The summed E-state index contributed by atoms with van der Waals surface area (Å²) in [7, 11) is 1.53. The SMILES string of the molecule is C#CC.C=C(\C=C(F)/C(=C\C)C1=N/C/N=C(OC)\C=C/CN\1)c1cnc(N2CCCC(C(=O)O)C2)nc1. The molecule has 0 bridgehead atoms. The van der Waals surface area contributed by atoms with E-state index in [2.05, 4.69) is 44.2 Å². The zero-order valence-electron chi connectivity index (χ0n) is 21.4. The molecule has 0 amide bonds. The molecule has 37 heavy (non-hydrogen) atoms. The van der Waals surface area contributed by atoms with Gasteiger partial charge in [-0.2, -0.15) is 0 Å². The number of ether oxygens (including phenoxy) is 1. The fourth-order valence-corrected chi connectivity index (χ4v) is 3.63. The maximum Gasteiger partial charge on any atom is 0.308 e. The van der Waals surface area contributed by atoms with Gasteiger partial charge in [0.15, 0.2) is 0 Å². The first-order chi connectivity index (χ1) is 17.8. The number of allylic oxidation sites excluding steroid dienone is 3. The first kappa shape index (κ1) is 29.0. The van der Waals surface area contributed by atoms with Crippen molar-refractivity contribution in [1.82, 2.24) is 15.3 Å². The molecule has 0 radical (unpaired) electrons. The van der Waals surface area contributed by atoms with Crippen molar-refractivity contribution >= 4 is 29.2 Å². The van der Waals surface area contributed by atoms with Gasteiger partial charge in [0.1, 0.15) is 18.3 Å². The molecule has 1 saturated heterocycles. The minimum absolute atomic E-state index is 0.0932. The highest BCUT2D eigenvalue weighted by Gasteiger charge is 2.26. The zero-order valence-corrected chi connectivity index (χ0v) is 21.4. The average molecular weight is 509 g/mol. The lowest BCUT2D eigenvalue weighted by Crippen LogP contribution is -2.39. The Morgan fingerprint density at radius 2 is 2.08 bits per heavy atom. The van der Waals surface area contributed by atoms with E-state index in [4.69, 9.17) is 4.74 Å². The number of carbonyl (C=O) groups is 1. The quantitative estimate of drug-likeness (QED) is 0.444. The largest absolute Gasteiger partial charge is 0.481 e. The second-order valence-corrected chi connectivity index (χ2v) is 8.04. The summed E-state index contributed by atoms with van der Waals surface area (Å²) in [5, 5.41) is 12.4. The van der Waals surface area contributed by atoms with Crippen molar-refractivity contribution in [3.05, 3.63) is 60.2 Å². The van der Waals surface area contributed by atoms with Gasteiger partial charge in [-0.05, 0) is 44.4 Å². The van der Waals surface area contributed by atoms with Crippen LogP contribution in [0.1, 0.15) is 32.3 Å². The lowest BCUT2D eigenvalue weighted by molar-refractivity contribution is -0.141. The van der Waals surface area contributed by atoms with Crippen LogP contribution in [0.3, 0.4) is 0 Å². The summed E-state index contributed by atoms with van der Waals surface area (Å²) < 4.78 is 20.3. The number of aromatic nitrogens is 2. The standard InChI is InChI=1S/C24H29FN6O3.C3H4/c1-4-19(22-26-9-5-8-21(34-3)29-15-30-22)20(25)11-16(2)18-12-27-24(28-13-18)31-10-6-7-17(14-31)23(32)33;1-3-2/h4-5,8,11-13,17H,2,6-7,9-10,14-15H2,1,3H3,(H,26,30)(H,32,33);1H,2H3/b8-5-,19-4+,20-11+,29-21+;. The molecule has 196 valence electrons. The van der Waals surface area contributed by atoms with Gasteiger partial charge in [-0.3, -0.25) is 4.79 Å². The highest BCUT2D eigenvalue weighted by atomic mass is 19.1. The Morgan fingerprint density at radius 1 is 1.38 bits per heavy atom. The molecule has 3 rings (SSSR count). The Morgan fingerprint density at radius 3 is 2.70 bits per heavy atom. The molecule has 1 atom stereocenters. The van der Waals surface area contributed by atoms with Crippen molar-refractivity contribution < 1.29 is 19.0 Å². The van der Waals surface area contributed by atoms with Gasteiger partial charge in [-0.1, -0.05) is 18.7 Å². The summed E-state index contributed by atoms with van der Waals surface area (Å²) in [6.45, 7) is 8.92. The molecule has 1 fully saturated rings. The number of nitrogens with zero attached hydrogens (tertiary/aromatic N) is 5. The van der Waals surface area contributed by atoms with Crippen LogP contribution in [0.5, 0.6) is 0 Å². The number of carboxylic acids is 1. The van der Waals surface area contributed by atoms with E-state index in [0.29, 0.717) is 54.9 Å². The van der Waals surface area contributed by atoms with E-state index in [1.54, 1.807) is 38.4 Å². The van der Waals surface area contributed by atoms with E-state index in [-0.39, 0.29) is 12.2 Å². The van der Waals surface area contributed by atoms with Crippen LogP contribution >= 0.6 is 0 Å². The second-order valence-electron chi connectivity index (χ2n) is 8.04. The van der Waals surface area contributed by atoms with Crippen LogP contribution in [0, 0.1) is 18.3 Å². The summed E-state index contributed by atoms with van der Waals surface area (Å²) >= 11 is 0. The molecule has 0 aromatic carbocycles. The third-order valence-electron chi connectivity index (χ3n) is 5.48. The number of aliphatic carboxylic acids is 1. The molecule has 3 heterocycles. The predicted molar refractivity (Wildman–Crippen MR) is 145 cm³/mol. The third-order valence-corrected chi connectivity index (χ3v) is 5.48. The summed E-state index contributed by atoms with van der Waals surface area (Å²) in [5.41, 5.74) is 1.24. The number of nitrogens with one attached hydrogen (secondary N) is 1. The summed E-state index contributed by atoms with van der Waals surface area (Å²) in [4.78, 5) is 30.4. The minimum atomic E-state index is -0.809.